The van der Waals surface area contributed by atoms with Gasteiger partial charge in [0, 0.05) is 62.8 Å². The molecule has 34 heavy (non-hydrogen) atoms. The Morgan fingerprint density at radius 3 is 2.35 bits per heavy atom. The fourth-order valence-corrected chi connectivity index (χ4v) is 4.60. The van der Waals surface area contributed by atoms with Crippen LogP contribution in [0, 0.1) is 16.7 Å². The van der Waals surface area contributed by atoms with E-state index in [9.17, 15) is 18.4 Å². The van der Waals surface area contributed by atoms with E-state index in [1.54, 1.807) is 18.3 Å². The van der Waals surface area contributed by atoms with Gasteiger partial charge in [-0.1, -0.05) is 20.8 Å². The minimum Gasteiger partial charge on any atom is -0.406 e. The van der Waals surface area contributed by atoms with Crippen molar-refractivity contribution < 1.29 is 17.9 Å². The number of aromatic nitrogens is 2. The van der Waals surface area contributed by atoms with Gasteiger partial charge >= 0.3 is 6.36 Å². The van der Waals surface area contributed by atoms with Crippen molar-refractivity contribution in [1.29, 1.82) is 5.26 Å². The molecule has 0 amide bonds. The first kappa shape index (κ1) is 24.1. The molecule has 1 aromatic carbocycles. The van der Waals surface area contributed by atoms with Gasteiger partial charge < -0.3 is 14.5 Å². The third kappa shape index (κ3) is 5.89. The summed E-state index contributed by atoms with van der Waals surface area (Å²) in [7, 11) is 0. The van der Waals surface area contributed by atoms with E-state index in [-0.39, 0.29) is 23.0 Å². The highest BCUT2D eigenvalue weighted by Crippen LogP contribution is 2.33. The van der Waals surface area contributed by atoms with Crippen LogP contribution in [0.3, 0.4) is 0 Å². The molecule has 1 fully saturated rings. The summed E-state index contributed by atoms with van der Waals surface area (Å²) < 4.78 is 41.1. The first-order valence-electron chi connectivity index (χ1n) is 11.4. The highest BCUT2D eigenvalue weighted by atomic mass is 19.4. The van der Waals surface area contributed by atoms with Crippen molar-refractivity contribution >= 4 is 11.5 Å². The van der Waals surface area contributed by atoms with Gasteiger partial charge in [-0.15, -0.1) is 13.2 Å². The molecular weight excluding hydrogens is 445 g/mol. The van der Waals surface area contributed by atoms with Gasteiger partial charge in [0.25, 0.3) is 0 Å². The Kier molecular flexibility index (Phi) is 6.58. The Hall–Kier alpha value is -3.06. The van der Waals surface area contributed by atoms with E-state index in [1.165, 1.54) is 12.1 Å². The molecule has 3 heterocycles. The molecule has 1 unspecified atom stereocenters. The molecule has 182 valence electrons. The quantitative estimate of drug-likeness (QED) is 0.652. The summed E-state index contributed by atoms with van der Waals surface area (Å²) in [5.41, 5.74) is 2.03. The Morgan fingerprint density at radius 2 is 1.76 bits per heavy atom. The fourth-order valence-electron chi connectivity index (χ4n) is 4.60. The molecule has 2 aromatic rings. The largest absolute Gasteiger partial charge is 0.573 e. The second-order valence-electron chi connectivity index (χ2n) is 10.0. The lowest BCUT2D eigenvalue weighted by atomic mass is 9.95. The standard InChI is InChI=1S/C24H29F3N6O/c1-23(2,3)16-33-19(12-17-14-29-21(13-28)30-22(17)33)15-31-8-10-32(11-9-31)18-4-6-20(7-5-18)34-24(25,26)27/h4-7,14,19H,8-12,15-16H2,1-3H3. The third-order valence-electron chi connectivity index (χ3n) is 6.03. The van der Waals surface area contributed by atoms with E-state index in [1.807, 2.05) is 6.07 Å². The zero-order valence-electron chi connectivity index (χ0n) is 19.6. The molecule has 0 saturated carbocycles. The number of fused-ring (bicyclic) bond motifs is 1. The maximum Gasteiger partial charge on any atom is 0.573 e. The van der Waals surface area contributed by atoms with Crippen LogP contribution >= 0.6 is 0 Å². The lowest BCUT2D eigenvalue weighted by Gasteiger charge is -2.40. The molecule has 0 N–H and O–H groups in total. The van der Waals surface area contributed by atoms with E-state index < -0.39 is 6.36 Å². The van der Waals surface area contributed by atoms with Crippen LogP contribution in [0.5, 0.6) is 5.75 Å². The van der Waals surface area contributed by atoms with Crippen molar-refractivity contribution in [3.63, 3.8) is 0 Å². The molecule has 0 bridgehead atoms. The van der Waals surface area contributed by atoms with Crippen LogP contribution in [0.1, 0.15) is 32.2 Å². The summed E-state index contributed by atoms with van der Waals surface area (Å²) in [5, 5.41) is 9.24. The molecule has 10 heteroatoms. The maximum absolute atomic E-state index is 12.4. The van der Waals surface area contributed by atoms with Crippen LogP contribution in [-0.4, -0.2) is 66.5 Å². The van der Waals surface area contributed by atoms with Gasteiger partial charge in [-0.25, -0.2) is 9.97 Å². The molecule has 0 aliphatic carbocycles. The van der Waals surface area contributed by atoms with E-state index >= 15 is 0 Å². The Balaban J connectivity index is 1.38. The number of rotatable bonds is 5. The van der Waals surface area contributed by atoms with E-state index in [0.717, 1.165) is 62.8 Å². The van der Waals surface area contributed by atoms with Gasteiger partial charge in [0.15, 0.2) is 0 Å². The van der Waals surface area contributed by atoms with Crippen LogP contribution in [0.4, 0.5) is 24.7 Å². The van der Waals surface area contributed by atoms with Crippen molar-refractivity contribution in [2.75, 3.05) is 49.1 Å². The van der Waals surface area contributed by atoms with Crippen LogP contribution in [0.2, 0.25) is 0 Å². The molecule has 0 radical (unpaired) electrons. The highest BCUT2D eigenvalue weighted by Gasteiger charge is 2.35. The number of benzene rings is 1. The second kappa shape index (κ2) is 9.29. The lowest BCUT2D eigenvalue weighted by molar-refractivity contribution is -0.274. The van der Waals surface area contributed by atoms with Crippen molar-refractivity contribution in [2.45, 2.75) is 39.6 Å². The summed E-state index contributed by atoms with van der Waals surface area (Å²) in [6.45, 7) is 11.6. The number of hydrogen-bond acceptors (Lipinski definition) is 7. The number of anilines is 2. The molecule has 2 aliphatic heterocycles. The third-order valence-corrected chi connectivity index (χ3v) is 6.03. The molecule has 2 aliphatic rings. The first-order valence-corrected chi connectivity index (χ1v) is 11.4. The van der Waals surface area contributed by atoms with Gasteiger partial charge in [0.1, 0.15) is 17.6 Å². The minimum atomic E-state index is -4.68. The smallest absolute Gasteiger partial charge is 0.406 e. The van der Waals surface area contributed by atoms with Crippen molar-refractivity contribution in [3.05, 3.63) is 41.9 Å². The van der Waals surface area contributed by atoms with Gasteiger partial charge in [-0.2, -0.15) is 5.26 Å². The summed E-state index contributed by atoms with van der Waals surface area (Å²) in [6.07, 6.45) is -2.06. The van der Waals surface area contributed by atoms with E-state index in [0.29, 0.717) is 0 Å². The summed E-state index contributed by atoms with van der Waals surface area (Å²) in [6, 6.07) is 8.34. The predicted molar refractivity (Wildman–Crippen MR) is 123 cm³/mol. The number of nitrogens with zero attached hydrogens (tertiary/aromatic N) is 6. The Bertz CT molecular complexity index is 1040. The van der Waals surface area contributed by atoms with Crippen molar-refractivity contribution in [3.8, 4) is 11.8 Å². The molecule has 7 nitrogen and oxygen atoms in total. The first-order chi connectivity index (χ1) is 16.0. The van der Waals surface area contributed by atoms with Crippen LogP contribution in [0.25, 0.3) is 0 Å². The van der Waals surface area contributed by atoms with Crippen molar-refractivity contribution in [1.82, 2.24) is 14.9 Å². The summed E-state index contributed by atoms with van der Waals surface area (Å²) in [4.78, 5) is 15.6. The number of halogens is 3. The highest BCUT2D eigenvalue weighted by molar-refractivity contribution is 5.54. The summed E-state index contributed by atoms with van der Waals surface area (Å²) in [5.74, 6) is 0.849. The zero-order valence-corrected chi connectivity index (χ0v) is 19.6. The van der Waals surface area contributed by atoms with Gasteiger partial charge in [-0.05, 0) is 36.1 Å². The molecule has 4 rings (SSSR count). The predicted octanol–water partition coefficient (Wildman–Crippen LogP) is 3.85. The SMILES string of the molecule is CC(C)(C)CN1c2nc(C#N)ncc2CC1CN1CCN(c2ccc(OC(F)(F)F)cc2)CC1. The number of piperazine rings is 1. The Labute approximate surface area is 197 Å². The normalized spacial score (nSPS) is 19.1. The average molecular weight is 475 g/mol. The summed E-state index contributed by atoms with van der Waals surface area (Å²) >= 11 is 0. The van der Waals surface area contributed by atoms with Crippen LogP contribution < -0.4 is 14.5 Å². The Morgan fingerprint density at radius 1 is 1.09 bits per heavy atom. The number of ether oxygens (including phenoxy) is 1. The fraction of sp³-hybridized carbons (Fsp3) is 0.542. The maximum atomic E-state index is 12.4. The topological polar surface area (TPSA) is 68.5 Å². The van der Waals surface area contributed by atoms with Gasteiger partial charge in [0.2, 0.25) is 5.82 Å². The van der Waals surface area contributed by atoms with Gasteiger partial charge in [-0.3, -0.25) is 4.90 Å². The number of nitriles is 1. The zero-order chi connectivity index (χ0) is 24.5. The average Bonchev–Trinajstić information content (AvgIpc) is 3.08. The van der Waals surface area contributed by atoms with Gasteiger partial charge in [0.05, 0.1) is 0 Å². The van der Waals surface area contributed by atoms with E-state index in [4.69, 9.17) is 0 Å². The number of alkyl halides is 3. The van der Waals surface area contributed by atoms with E-state index in [2.05, 4.69) is 50.2 Å². The molecule has 1 aromatic heterocycles. The lowest BCUT2D eigenvalue weighted by Crippen LogP contribution is -2.52. The van der Waals surface area contributed by atoms with Crippen molar-refractivity contribution in [2.24, 2.45) is 5.41 Å². The van der Waals surface area contributed by atoms with Crippen LogP contribution in [0.15, 0.2) is 30.5 Å². The van der Waals surface area contributed by atoms with Crippen LogP contribution in [-0.2, 0) is 6.42 Å². The number of hydrogen-bond donors (Lipinski definition) is 0. The minimum absolute atomic E-state index is 0.0678. The monoisotopic (exact) mass is 474 g/mol. The molecule has 1 saturated heterocycles. The molecular formula is C24H29F3N6O. The molecule has 0 spiro atoms. The molecule has 1 atom stereocenters. The second-order valence-corrected chi connectivity index (χ2v) is 10.0.